The number of rotatable bonds is 5. The Balaban J connectivity index is 3.39. The normalized spacial score (nSPS) is 12.9. The molecule has 0 aliphatic heterocycles. The number of sulfonamides is 1. The van der Waals surface area contributed by atoms with Gasteiger partial charge in [-0.15, -0.1) is 0 Å². The molecule has 1 rings (SSSR count). The summed E-state index contributed by atoms with van der Waals surface area (Å²) in [5, 5.41) is 0. The number of alkyl halides is 3. The van der Waals surface area contributed by atoms with Crippen LogP contribution in [-0.4, -0.2) is 32.5 Å². The van der Waals surface area contributed by atoms with Crippen molar-refractivity contribution in [2.24, 2.45) is 0 Å². The first-order valence-electron chi connectivity index (χ1n) is 6.47. The van der Waals surface area contributed by atoms with Gasteiger partial charge in [-0.3, -0.25) is 0 Å². The van der Waals surface area contributed by atoms with Crippen molar-refractivity contribution < 1.29 is 21.6 Å². The van der Waals surface area contributed by atoms with E-state index in [-0.39, 0.29) is 10.6 Å². The number of hydrogen-bond acceptors (Lipinski definition) is 3. The molecule has 0 aromatic heterocycles. The monoisotopic (exact) mass is 324 g/mol. The minimum Gasteiger partial charge on any atom is -0.398 e. The highest BCUT2D eigenvalue weighted by atomic mass is 32.2. The highest BCUT2D eigenvalue weighted by Crippen LogP contribution is 2.28. The van der Waals surface area contributed by atoms with Gasteiger partial charge in [0.25, 0.3) is 0 Å². The molecule has 1 aromatic rings. The highest BCUT2D eigenvalue weighted by Gasteiger charge is 2.35. The second-order valence-corrected chi connectivity index (χ2v) is 6.76. The van der Waals surface area contributed by atoms with Crippen molar-refractivity contribution in [1.29, 1.82) is 0 Å². The van der Waals surface area contributed by atoms with E-state index in [1.165, 1.54) is 6.07 Å². The highest BCUT2D eigenvalue weighted by molar-refractivity contribution is 7.89. The topological polar surface area (TPSA) is 63.4 Å². The van der Waals surface area contributed by atoms with Crippen LogP contribution in [0.2, 0.25) is 0 Å². The first-order chi connectivity index (χ1) is 9.52. The molecule has 4 nitrogen and oxygen atoms in total. The molecule has 1 aromatic carbocycles. The molecule has 0 aliphatic rings. The van der Waals surface area contributed by atoms with E-state index in [1.807, 2.05) is 6.92 Å². The minimum atomic E-state index is -4.60. The van der Waals surface area contributed by atoms with E-state index in [1.54, 1.807) is 13.0 Å². The summed E-state index contributed by atoms with van der Waals surface area (Å²) in [7, 11) is -3.32. The zero-order valence-corrected chi connectivity index (χ0v) is 13.0. The van der Waals surface area contributed by atoms with E-state index in [2.05, 4.69) is 0 Å². The van der Waals surface area contributed by atoms with Crippen molar-refractivity contribution in [3.63, 3.8) is 0 Å². The Morgan fingerprint density at radius 1 is 1.19 bits per heavy atom. The molecule has 0 aliphatic carbocycles. The van der Waals surface area contributed by atoms with Gasteiger partial charge < -0.3 is 5.73 Å². The molecule has 8 heteroatoms. The third-order valence-corrected chi connectivity index (χ3v) is 5.03. The van der Waals surface area contributed by atoms with Crippen LogP contribution in [0.3, 0.4) is 0 Å². The van der Waals surface area contributed by atoms with Crippen LogP contribution in [-0.2, 0) is 22.9 Å². The summed E-state index contributed by atoms with van der Waals surface area (Å²) in [6.07, 6.45) is -3.73. The number of benzene rings is 1. The quantitative estimate of drug-likeness (QED) is 0.847. The van der Waals surface area contributed by atoms with Crippen molar-refractivity contribution in [3.05, 3.63) is 23.3 Å². The van der Waals surface area contributed by atoms with E-state index in [9.17, 15) is 21.6 Å². The molecule has 0 atom stereocenters. The van der Waals surface area contributed by atoms with Crippen molar-refractivity contribution in [3.8, 4) is 0 Å². The van der Waals surface area contributed by atoms with Gasteiger partial charge in [0.1, 0.15) is 6.54 Å². The van der Waals surface area contributed by atoms with Crippen molar-refractivity contribution in [2.45, 2.75) is 37.8 Å². The van der Waals surface area contributed by atoms with Gasteiger partial charge in [-0.25, -0.2) is 8.42 Å². The summed E-state index contributed by atoms with van der Waals surface area (Å²) in [6, 6.07) is 3.05. The van der Waals surface area contributed by atoms with Crippen LogP contribution >= 0.6 is 0 Å². The summed E-state index contributed by atoms with van der Waals surface area (Å²) in [6.45, 7) is 1.99. The molecule has 0 radical (unpaired) electrons. The van der Waals surface area contributed by atoms with Gasteiger partial charge in [0, 0.05) is 12.7 Å². The fourth-order valence-corrected chi connectivity index (χ4v) is 3.57. The number of hydrogen-bond donors (Lipinski definition) is 1. The van der Waals surface area contributed by atoms with Gasteiger partial charge in [0.2, 0.25) is 10.0 Å². The van der Waals surface area contributed by atoms with Gasteiger partial charge in [0.05, 0.1) is 4.90 Å². The fourth-order valence-electron chi connectivity index (χ4n) is 2.04. The van der Waals surface area contributed by atoms with Crippen molar-refractivity contribution in [2.75, 3.05) is 19.3 Å². The third kappa shape index (κ3) is 4.10. The number of nitrogens with zero attached hydrogens (tertiary/aromatic N) is 1. The third-order valence-electron chi connectivity index (χ3n) is 3.16. The molecular weight excluding hydrogens is 305 g/mol. The van der Waals surface area contributed by atoms with Crippen molar-refractivity contribution in [1.82, 2.24) is 4.31 Å². The lowest BCUT2D eigenvalue weighted by atomic mass is 10.1. The standard InChI is InChI=1S/C13H19F3N2O2S/c1-4-9-6-11(17)10(5-2)12(7-9)21(19,20)18(3)8-13(14,15)16/h6-7H,4-5,8,17H2,1-3H3. The van der Waals surface area contributed by atoms with Gasteiger partial charge in [-0.05, 0) is 36.1 Å². The van der Waals surface area contributed by atoms with Crippen LogP contribution in [0, 0.1) is 0 Å². The summed E-state index contributed by atoms with van der Waals surface area (Å²) in [5.41, 5.74) is 7.13. The molecule has 0 heterocycles. The van der Waals surface area contributed by atoms with E-state index in [0.717, 1.165) is 7.05 Å². The molecule has 120 valence electrons. The maximum Gasteiger partial charge on any atom is 0.402 e. The molecule has 0 fully saturated rings. The van der Waals surface area contributed by atoms with E-state index >= 15 is 0 Å². The largest absolute Gasteiger partial charge is 0.402 e. The Labute approximate surface area is 122 Å². The van der Waals surface area contributed by atoms with Crippen molar-refractivity contribution >= 4 is 15.7 Å². The lowest BCUT2D eigenvalue weighted by molar-refractivity contribution is -0.134. The van der Waals surface area contributed by atoms with Gasteiger partial charge in [-0.2, -0.15) is 17.5 Å². The minimum absolute atomic E-state index is 0.145. The van der Waals surface area contributed by atoms with Crippen LogP contribution in [0.4, 0.5) is 18.9 Å². The van der Waals surface area contributed by atoms with Gasteiger partial charge in [0.15, 0.2) is 0 Å². The predicted molar refractivity (Wildman–Crippen MR) is 75.5 cm³/mol. The number of halogens is 3. The zero-order valence-electron chi connectivity index (χ0n) is 12.2. The number of aryl methyl sites for hydroxylation is 1. The van der Waals surface area contributed by atoms with E-state index in [0.29, 0.717) is 28.3 Å². The molecule has 0 unspecified atom stereocenters. The molecule has 21 heavy (non-hydrogen) atoms. The summed E-state index contributed by atoms with van der Waals surface area (Å²) in [5.74, 6) is 0. The molecule has 0 saturated carbocycles. The Kier molecular flexibility index (Phi) is 5.27. The molecular formula is C13H19F3N2O2S. The SMILES string of the molecule is CCc1cc(N)c(CC)c(S(=O)(=O)N(C)CC(F)(F)F)c1. The second kappa shape index (κ2) is 6.23. The van der Waals surface area contributed by atoms with Crippen LogP contribution in [0.5, 0.6) is 0 Å². The Hall–Kier alpha value is -1.28. The molecule has 0 saturated heterocycles. The Morgan fingerprint density at radius 3 is 2.19 bits per heavy atom. The first-order valence-corrected chi connectivity index (χ1v) is 7.91. The van der Waals surface area contributed by atoms with E-state index in [4.69, 9.17) is 5.73 Å². The molecule has 0 bridgehead atoms. The Bertz CT molecular complexity index is 613. The average Bonchev–Trinajstić information content (AvgIpc) is 2.35. The average molecular weight is 324 g/mol. The summed E-state index contributed by atoms with van der Waals surface area (Å²) in [4.78, 5) is -0.145. The zero-order chi connectivity index (χ0) is 16.4. The van der Waals surface area contributed by atoms with Gasteiger partial charge in [-0.1, -0.05) is 13.8 Å². The second-order valence-electron chi connectivity index (χ2n) is 4.75. The van der Waals surface area contributed by atoms with Crippen LogP contribution in [0.1, 0.15) is 25.0 Å². The first kappa shape index (κ1) is 17.8. The number of anilines is 1. The van der Waals surface area contributed by atoms with E-state index < -0.39 is 22.7 Å². The smallest absolute Gasteiger partial charge is 0.398 e. The number of nitrogen functional groups attached to an aromatic ring is 1. The maximum atomic E-state index is 12.4. The lowest BCUT2D eigenvalue weighted by Gasteiger charge is -2.21. The molecule has 0 amide bonds. The summed E-state index contributed by atoms with van der Waals surface area (Å²) >= 11 is 0. The number of nitrogens with two attached hydrogens (primary N) is 1. The maximum absolute atomic E-state index is 12.4. The predicted octanol–water partition coefficient (Wildman–Crippen LogP) is 2.58. The van der Waals surface area contributed by atoms with Crippen LogP contribution in [0.15, 0.2) is 17.0 Å². The van der Waals surface area contributed by atoms with Crippen LogP contribution in [0.25, 0.3) is 0 Å². The van der Waals surface area contributed by atoms with Crippen LogP contribution < -0.4 is 5.73 Å². The molecule has 2 N–H and O–H groups in total. The van der Waals surface area contributed by atoms with Gasteiger partial charge >= 0.3 is 6.18 Å². The Morgan fingerprint density at radius 2 is 1.76 bits per heavy atom. The summed E-state index contributed by atoms with van der Waals surface area (Å²) < 4.78 is 62.4. The lowest BCUT2D eigenvalue weighted by Crippen LogP contribution is -2.36. The molecule has 0 spiro atoms. The fraction of sp³-hybridized carbons (Fsp3) is 0.538.